The average Bonchev–Trinajstić information content (AvgIpc) is 2.56. The van der Waals surface area contributed by atoms with Crippen LogP contribution in [0.4, 0.5) is 5.69 Å². The number of halogens is 1. The molecule has 0 radical (unpaired) electrons. The predicted molar refractivity (Wildman–Crippen MR) is 97.5 cm³/mol. The van der Waals surface area contributed by atoms with Gasteiger partial charge in [0.25, 0.3) is 0 Å². The highest BCUT2D eigenvalue weighted by atomic mass is 35.5. The summed E-state index contributed by atoms with van der Waals surface area (Å²) in [6.45, 7) is 11.5. The Kier molecular flexibility index (Phi) is 13.2. The van der Waals surface area contributed by atoms with Gasteiger partial charge in [0.1, 0.15) is 0 Å². The van der Waals surface area contributed by atoms with Crippen LogP contribution in [0.1, 0.15) is 85.1 Å². The fourth-order valence-corrected chi connectivity index (χ4v) is 2.96. The van der Waals surface area contributed by atoms with Crippen molar-refractivity contribution in [3.8, 4) is 0 Å². The van der Waals surface area contributed by atoms with Gasteiger partial charge in [-0.15, -0.1) is 0 Å². The van der Waals surface area contributed by atoms with Crippen molar-refractivity contribution in [3.63, 3.8) is 0 Å². The summed E-state index contributed by atoms with van der Waals surface area (Å²) in [6.07, 6.45) is 14.8. The SMILES string of the molecule is CCCCC(CC)[n+]1ccc(N(CCCC)CCCC)cc1.[Cl-]. The van der Waals surface area contributed by atoms with Crippen LogP contribution in [0.3, 0.4) is 0 Å². The number of anilines is 1. The molecule has 0 saturated carbocycles. The van der Waals surface area contributed by atoms with Gasteiger partial charge in [-0.2, -0.15) is 0 Å². The molecule has 23 heavy (non-hydrogen) atoms. The first kappa shape index (κ1) is 22.2. The lowest BCUT2D eigenvalue weighted by atomic mass is 10.1. The highest BCUT2D eigenvalue weighted by molar-refractivity contribution is 5.43. The van der Waals surface area contributed by atoms with E-state index in [0.717, 1.165) is 0 Å². The Morgan fingerprint density at radius 1 is 0.870 bits per heavy atom. The summed E-state index contributed by atoms with van der Waals surface area (Å²) in [5, 5.41) is 0. The van der Waals surface area contributed by atoms with Crippen molar-refractivity contribution in [2.45, 2.75) is 85.1 Å². The van der Waals surface area contributed by atoms with Crippen molar-refractivity contribution in [1.82, 2.24) is 0 Å². The van der Waals surface area contributed by atoms with Gasteiger partial charge in [-0.1, -0.05) is 47.0 Å². The van der Waals surface area contributed by atoms with Crippen LogP contribution in [-0.4, -0.2) is 13.1 Å². The molecular weight excluding hydrogens is 304 g/mol. The monoisotopic (exact) mass is 340 g/mol. The number of aromatic nitrogens is 1. The molecule has 0 aromatic carbocycles. The number of nitrogens with zero attached hydrogens (tertiary/aromatic N) is 2. The third kappa shape index (κ3) is 8.06. The molecule has 1 heterocycles. The molecule has 0 aliphatic rings. The lowest BCUT2D eigenvalue weighted by Crippen LogP contribution is -3.00. The van der Waals surface area contributed by atoms with Gasteiger partial charge >= 0.3 is 0 Å². The van der Waals surface area contributed by atoms with Crippen LogP contribution >= 0.6 is 0 Å². The highest BCUT2D eigenvalue weighted by Crippen LogP contribution is 2.17. The molecular formula is C20H37ClN2. The Balaban J connectivity index is 0.00000484. The molecule has 2 nitrogen and oxygen atoms in total. The molecule has 0 aliphatic heterocycles. The van der Waals surface area contributed by atoms with E-state index in [1.807, 2.05) is 0 Å². The Morgan fingerprint density at radius 3 is 1.83 bits per heavy atom. The predicted octanol–water partition coefficient (Wildman–Crippen LogP) is 2.53. The minimum Gasteiger partial charge on any atom is -1.00 e. The summed E-state index contributed by atoms with van der Waals surface area (Å²) < 4.78 is 2.41. The quantitative estimate of drug-likeness (QED) is 0.530. The highest BCUT2D eigenvalue weighted by Gasteiger charge is 2.16. The van der Waals surface area contributed by atoms with Crippen molar-refractivity contribution >= 4 is 5.69 Å². The van der Waals surface area contributed by atoms with Crippen molar-refractivity contribution in [2.75, 3.05) is 18.0 Å². The zero-order chi connectivity index (χ0) is 16.2. The number of rotatable bonds is 12. The maximum absolute atomic E-state index is 2.56. The summed E-state index contributed by atoms with van der Waals surface area (Å²) in [4.78, 5) is 2.56. The normalized spacial score (nSPS) is 11.8. The number of unbranched alkanes of at least 4 members (excludes halogenated alkanes) is 3. The van der Waals surface area contributed by atoms with Crippen LogP contribution in [0, 0.1) is 0 Å². The maximum Gasteiger partial charge on any atom is 0.171 e. The van der Waals surface area contributed by atoms with E-state index in [1.54, 1.807) is 0 Å². The largest absolute Gasteiger partial charge is 1.00 e. The Hall–Kier alpha value is -0.760. The van der Waals surface area contributed by atoms with Crippen molar-refractivity contribution in [2.24, 2.45) is 0 Å². The lowest BCUT2D eigenvalue weighted by molar-refractivity contribution is -0.724. The molecule has 0 saturated heterocycles. The van der Waals surface area contributed by atoms with Crippen molar-refractivity contribution in [3.05, 3.63) is 24.5 Å². The fraction of sp³-hybridized carbons (Fsp3) is 0.750. The molecule has 0 bridgehead atoms. The number of hydrogen-bond donors (Lipinski definition) is 0. The van der Waals surface area contributed by atoms with Crippen LogP contribution in [0.25, 0.3) is 0 Å². The smallest absolute Gasteiger partial charge is 0.171 e. The molecule has 134 valence electrons. The van der Waals surface area contributed by atoms with Crippen molar-refractivity contribution < 1.29 is 17.0 Å². The summed E-state index contributed by atoms with van der Waals surface area (Å²) in [6, 6.07) is 5.30. The van der Waals surface area contributed by atoms with E-state index in [0.29, 0.717) is 6.04 Å². The zero-order valence-corrected chi connectivity index (χ0v) is 16.5. The van der Waals surface area contributed by atoms with E-state index in [9.17, 15) is 0 Å². The minimum absolute atomic E-state index is 0. The molecule has 0 spiro atoms. The topological polar surface area (TPSA) is 7.12 Å². The molecule has 0 amide bonds. The summed E-state index contributed by atoms with van der Waals surface area (Å²) in [5.74, 6) is 0. The van der Waals surface area contributed by atoms with Gasteiger partial charge in [0, 0.05) is 43.8 Å². The molecule has 0 N–H and O–H groups in total. The Labute approximate surface area is 150 Å². The van der Waals surface area contributed by atoms with Gasteiger partial charge in [0.05, 0.1) is 0 Å². The summed E-state index contributed by atoms with van der Waals surface area (Å²) >= 11 is 0. The van der Waals surface area contributed by atoms with Crippen LogP contribution in [0.5, 0.6) is 0 Å². The lowest BCUT2D eigenvalue weighted by Gasteiger charge is -2.24. The third-order valence-corrected chi connectivity index (χ3v) is 4.55. The fourth-order valence-electron chi connectivity index (χ4n) is 2.96. The Bertz CT molecular complexity index is 370. The molecule has 1 unspecified atom stereocenters. The van der Waals surface area contributed by atoms with E-state index < -0.39 is 0 Å². The first-order valence-electron chi connectivity index (χ1n) is 9.52. The van der Waals surface area contributed by atoms with Crippen LogP contribution < -0.4 is 21.9 Å². The second-order valence-electron chi connectivity index (χ2n) is 6.40. The van der Waals surface area contributed by atoms with Crippen molar-refractivity contribution in [1.29, 1.82) is 0 Å². The van der Waals surface area contributed by atoms with Gasteiger partial charge in [-0.05, 0) is 19.3 Å². The summed E-state index contributed by atoms with van der Waals surface area (Å²) in [5.41, 5.74) is 1.39. The number of hydrogen-bond acceptors (Lipinski definition) is 1. The van der Waals surface area contributed by atoms with E-state index in [4.69, 9.17) is 0 Å². The van der Waals surface area contributed by atoms with Gasteiger partial charge < -0.3 is 17.3 Å². The second-order valence-corrected chi connectivity index (χ2v) is 6.40. The molecule has 1 rings (SSSR count). The molecule has 1 aromatic rings. The zero-order valence-electron chi connectivity index (χ0n) is 15.7. The minimum atomic E-state index is 0. The van der Waals surface area contributed by atoms with Gasteiger partial charge in [0.2, 0.25) is 0 Å². The molecule has 1 aromatic heterocycles. The molecule has 0 aliphatic carbocycles. The van der Waals surface area contributed by atoms with Gasteiger partial charge in [0.15, 0.2) is 18.4 Å². The van der Waals surface area contributed by atoms with Gasteiger partial charge in [-0.25, -0.2) is 4.57 Å². The van der Waals surface area contributed by atoms with E-state index in [2.05, 4.69) is 61.7 Å². The maximum atomic E-state index is 2.56. The van der Waals surface area contributed by atoms with E-state index in [1.165, 1.54) is 70.1 Å². The first-order chi connectivity index (χ1) is 10.8. The standard InChI is InChI=1S/C20H37N2.ClH/c1-5-9-12-19(8-4)22-17-13-20(14-18-22)21(15-10-6-2)16-11-7-3;/h13-14,17-19H,5-12,15-16H2,1-4H3;1H/q+1;/p-1. The average molecular weight is 341 g/mol. The molecule has 3 heteroatoms. The van der Waals surface area contributed by atoms with E-state index >= 15 is 0 Å². The van der Waals surface area contributed by atoms with Crippen LogP contribution in [0.2, 0.25) is 0 Å². The Morgan fingerprint density at radius 2 is 1.39 bits per heavy atom. The van der Waals surface area contributed by atoms with Crippen LogP contribution in [-0.2, 0) is 0 Å². The molecule has 1 atom stereocenters. The number of pyridine rings is 1. The van der Waals surface area contributed by atoms with E-state index in [-0.39, 0.29) is 12.4 Å². The van der Waals surface area contributed by atoms with Gasteiger partial charge in [-0.3, -0.25) is 0 Å². The first-order valence-corrected chi connectivity index (χ1v) is 9.52. The second kappa shape index (κ2) is 13.7. The van der Waals surface area contributed by atoms with Crippen LogP contribution in [0.15, 0.2) is 24.5 Å². The third-order valence-electron chi connectivity index (χ3n) is 4.55. The summed E-state index contributed by atoms with van der Waals surface area (Å²) in [7, 11) is 0. The molecule has 0 fully saturated rings.